The zero-order chi connectivity index (χ0) is 13.3. The number of aliphatic hydroxyl groups excluding tert-OH is 1. The molecule has 1 aromatic carbocycles. The smallest absolute Gasteiger partial charge is 0.342 e. The van der Waals surface area contributed by atoms with Gasteiger partial charge in [-0.05, 0) is 38.0 Å². The first kappa shape index (κ1) is 12.5. The topological polar surface area (TPSA) is 55.8 Å². The van der Waals surface area contributed by atoms with Gasteiger partial charge in [0.2, 0.25) is 0 Å². The molecule has 1 aliphatic heterocycles. The van der Waals surface area contributed by atoms with Crippen molar-refractivity contribution < 1.29 is 19.4 Å². The highest BCUT2D eigenvalue weighted by Crippen LogP contribution is 2.36. The summed E-state index contributed by atoms with van der Waals surface area (Å²) in [6, 6.07) is 3.68. The van der Waals surface area contributed by atoms with Crippen molar-refractivity contribution in [2.45, 2.75) is 20.8 Å². The second kappa shape index (κ2) is 4.72. The number of carbonyl (C=O) groups excluding carboxylic acids is 1. The first-order valence-corrected chi connectivity index (χ1v) is 5.88. The lowest BCUT2D eigenvalue weighted by molar-refractivity contribution is -0.136. The first-order valence-electron chi connectivity index (χ1n) is 5.88. The molecule has 1 heterocycles. The van der Waals surface area contributed by atoms with Crippen LogP contribution in [0.25, 0.3) is 5.57 Å². The summed E-state index contributed by atoms with van der Waals surface area (Å²) < 4.78 is 10.5. The number of benzene rings is 1. The van der Waals surface area contributed by atoms with Crippen molar-refractivity contribution in [3.05, 3.63) is 34.6 Å². The molecule has 0 bridgehead atoms. The minimum absolute atomic E-state index is 0.00540. The summed E-state index contributed by atoms with van der Waals surface area (Å²) in [6.45, 7) is 5.92. The molecular weight excluding hydrogens is 232 g/mol. The lowest BCUT2D eigenvalue weighted by Gasteiger charge is -2.22. The van der Waals surface area contributed by atoms with E-state index >= 15 is 0 Å². The number of carbonyl (C=O) groups is 1. The van der Waals surface area contributed by atoms with E-state index < -0.39 is 5.97 Å². The standard InChI is InChI=1S/C14H16O4/c1-4-17-14(16)12-10-6-5-8(2)9(3)13(10)18-7-11(12)15/h5-6,15H,4,7H2,1-3H3. The number of esters is 1. The van der Waals surface area contributed by atoms with Crippen molar-refractivity contribution in [1.82, 2.24) is 0 Å². The molecule has 0 aromatic heterocycles. The Kier molecular flexibility index (Phi) is 3.28. The van der Waals surface area contributed by atoms with Gasteiger partial charge < -0.3 is 14.6 Å². The van der Waals surface area contributed by atoms with E-state index in [-0.39, 0.29) is 24.5 Å². The third kappa shape index (κ3) is 1.94. The Hall–Kier alpha value is -1.97. The fourth-order valence-electron chi connectivity index (χ4n) is 1.97. The van der Waals surface area contributed by atoms with Crippen molar-refractivity contribution >= 4 is 11.5 Å². The summed E-state index contributed by atoms with van der Waals surface area (Å²) in [4.78, 5) is 11.9. The first-order chi connectivity index (χ1) is 8.56. The molecule has 0 unspecified atom stereocenters. The van der Waals surface area contributed by atoms with Crippen LogP contribution >= 0.6 is 0 Å². The summed E-state index contributed by atoms with van der Waals surface area (Å²) in [7, 11) is 0. The van der Waals surface area contributed by atoms with E-state index in [1.807, 2.05) is 19.9 Å². The Balaban J connectivity index is 2.55. The Morgan fingerprint density at radius 1 is 1.44 bits per heavy atom. The van der Waals surface area contributed by atoms with Crippen molar-refractivity contribution in [1.29, 1.82) is 0 Å². The molecule has 18 heavy (non-hydrogen) atoms. The molecule has 96 valence electrons. The fraction of sp³-hybridized carbons (Fsp3) is 0.357. The van der Waals surface area contributed by atoms with Crippen LogP contribution in [0.4, 0.5) is 0 Å². The highest BCUT2D eigenvalue weighted by atomic mass is 16.5. The molecule has 1 aliphatic rings. The van der Waals surface area contributed by atoms with Gasteiger partial charge in [0, 0.05) is 5.56 Å². The molecule has 0 fully saturated rings. The number of aliphatic hydroxyl groups is 1. The lowest BCUT2D eigenvalue weighted by atomic mass is 9.96. The quantitative estimate of drug-likeness (QED) is 0.817. The molecular formula is C14H16O4. The maximum Gasteiger partial charge on any atom is 0.342 e. The Morgan fingerprint density at radius 2 is 2.17 bits per heavy atom. The molecule has 1 aromatic rings. The number of aryl methyl sites for hydroxylation is 1. The van der Waals surface area contributed by atoms with Gasteiger partial charge in [0.15, 0.2) is 0 Å². The summed E-state index contributed by atoms with van der Waals surface area (Å²) in [5.41, 5.74) is 2.86. The van der Waals surface area contributed by atoms with E-state index in [1.165, 1.54) is 0 Å². The number of fused-ring (bicyclic) bond motifs is 1. The van der Waals surface area contributed by atoms with E-state index in [0.29, 0.717) is 11.3 Å². The zero-order valence-electron chi connectivity index (χ0n) is 10.7. The number of ether oxygens (including phenoxy) is 2. The van der Waals surface area contributed by atoms with Crippen molar-refractivity contribution in [3.63, 3.8) is 0 Å². The maximum absolute atomic E-state index is 11.9. The Bertz CT molecular complexity index is 529. The van der Waals surface area contributed by atoms with Crippen LogP contribution in [0.3, 0.4) is 0 Å². The fourth-order valence-corrected chi connectivity index (χ4v) is 1.97. The minimum atomic E-state index is -0.511. The molecule has 0 atom stereocenters. The second-order valence-corrected chi connectivity index (χ2v) is 4.21. The molecule has 0 amide bonds. The molecule has 4 nitrogen and oxygen atoms in total. The SMILES string of the molecule is CCOC(=O)C1=C(O)COc2c1ccc(C)c2C. The monoisotopic (exact) mass is 248 g/mol. The van der Waals surface area contributed by atoms with Gasteiger partial charge in [-0.15, -0.1) is 0 Å². The van der Waals surface area contributed by atoms with Gasteiger partial charge in [0.1, 0.15) is 23.7 Å². The zero-order valence-corrected chi connectivity index (χ0v) is 10.7. The largest absolute Gasteiger partial charge is 0.508 e. The average Bonchev–Trinajstić information content (AvgIpc) is 2.34. The van der Waals surface area contributed by atoms with Crippen LogP contribution in [0.2, 0.25) is 0 Å². The van der Waals surface area contributed by atoms with Gasteiger partial charge in [0.05, 0.1) is 6.61 Å². The van der Waals surface area contributed by atoms with Crippen LogP contribution < -0.4 is 4.74 Å². The molecule has 0 saturated carbocycles. The van der Waals surface area contributed by atoms with Crippen molar-refractivity contribution in [2.75, 3.05) is 13.2 Å². The van der Waals surface area contributed by atoms with E-state index in [0.717, 1.165) is 11.1 Å². The molecule has 1 N–H and O–H groups in total. The predicted octanol–water partition coefficient (Wildman–Crippen LogP) is 2.53. The Labute approximate surface area is 106 Å². The molecule has 4 heteroatoms. The summed E-state index contributed by atoms with van der Waals surface area (Å²) in [5.74, 6) is 0.0582. The average molecular weight is 248 g/mol. The summed E-state index contributed by atoms with van der Waals surface area (Å²) in [6.07, 6.45) is 0. The van der Waals surface area contributed by atoms with Crippen LogP contribution in [0.15, 0.2) is 17.9 Å². The van der Waals surface area contributed by atoms with Gasteiger partial charge in [-0.2, -0.15) is 0 Å². The third-order valence-corrected chi connectivity index (χ3v) is 3.07. The Morgan fingerprint density at radius 3 is 2.83 bits per heavy atom. The van der Waals surface area contributed by atoms with Crippen LogP contribution in [0.1, 0.15) is 23.6 Å². The number of hydrogen-bond acceptors (Lipinski definition) is 4. The molecule has 2 rings (SSSR count). The van der Waals surface area contributed by atoms with E-state index in [1.54, 1.807) is 13.0 Å². The molecule has 0 aliphatic carbocycles. The van der Waals surface area contributed by atoms with Crippen molar-refractivity contribution in [3.8, 4) is 5.75 Å². The molecule has 0 saturated heterocycles. The highest BCUT2D eigenvalue weighted by Gasteiger charge is 2.28. The van der Waals surface area contributed by atoms with Crippen LogP contribution in [0.5, 0.6) is 5.75 Å². The van der Waals surface area contributed by atoms with Crippen LogP contribution in [0, 0.1) is 13.8 Å². The van der Waals surface area contributed by atoms with Crippen molar-refractivity contribution in [2.24, 2.45) is 0 Å². The minimum Gasteiger partial charge on any atom is -0.508 e. The van der Waals surface area contributed by atoms with Gasteiger partial charge >= 0.3 is 5.97 Å². The predicted molar refractivity (Wildman–Crippen MR) is 67.6 cm³/mol. The van der Waals surface area contributed by atoms with Gasteiger partial charge in [-0.1, -0.05) is 6.07 Å². The normalized spacial score (nSPS) is 13.9. The van der Waals surface area contributed by atoms with Crippen LogP contribution in [-0.2, 0) is 9.53 Å². The molecule has 0 spiro atoms. The summed E-state index contributed by atoms with van der Waals surface area (Å²) in [5, 5.41) is 9.83. The van der Waals surface area contributed by atoms with E-state index in [2.05, 4.69) is 0 Å². The third-order valence-electron chi connectivity index (χ3n) is 3.07. The van der Waals surface area contributed by atoms with E-state index in [9.17, 15) is 9.90 Å². The number of hydrogen-bond donors (Lipinski definition) is 1. The maximum atomic E-state index is 11.9. The van der Waals surface area contributed by atoms with Gasteiger partial charge in [0.25, 0.3) is 0 Å². The second-order valence-electron chi connectivity index (χ2n) is 4.21. The van der Waals surface area contributed by atoms with Gasteiger partial charge in [-0.3, -0.25) is 0 Å². The summed E-state index contributed by atoms with van der Waals surface area (Å²) >= 11 is 0. The molecule has 0 radical (unpaired) electrons. The van der Waals surface area contributed by atoms with E-state index in [4.69, 9.17) is 9.47 Å². The number of rotatable bonds is 2. The van der Waals surface area contributed by atoms with Crippen LogP contribution in [-0.4, -0.2) is 24.3 Å². The lowest BCUT2D eigenvalue weighted by Crippen LogP contribution is -2.18. The highest BCUT2D eigenvalue weighted by molar-refractivity contribution is 6.18. The van der Waals surface area contributed by atoms with Gasteiger partial charge in [-0.25, -0.2) is 4.79 Å².